The smallest absolute Gasteiger partial charge is 0.116 e. The van der Waals surface area contributed by atoms with Gasteiger partial charge in [0.25, 0.3) is 0 Å². The quantitative estimate of drug-likeness (QED) is 0.633. The number of aromatic nitrogens is 2. The van der Waals surface area contributed by atoms with E-state index in [1.54, 1.807) is 6.33 Å². The molecular formula is C14H23N3S. The zero-order chi connectivity index (χ0) is 12.6. The van der Waals surface area contributed by atoms with Crippen molar-refractivity contribution in [3.05, 3.63) is 18.6 Å². The minimum absolute atomic E-state index is 0.635. The van der Waals surface area contributed by atoms with Crippen LogP contribution in [-0.2, 0) is 0 Å². The highest BCUT2D eigenvalue weighted by Gasteiger charge is 2.22. The Morgan fingerprint density at radius 2 is 2.22 bits per heavy atom. The summed E-state index contributed by atoms with van der Waals surface area (Å²) in [5, 5.41) is 4.75. The van der Waals surface area contributed by atoms with Crippen LogP contribution >= 0.6 is 11.8 Å². The number of hydrogen-bond acceptors (Lipinski definition) is 4. The van der Waals surface area contributed by atoms with Crippen LogP contribution in [0.25, 0.3) is 0 Å². The maximum atomic E-state index is 4.28. The van der Waals surface area contributed by atoms with Crippen molar-refractivity contribution in [2.45, 2.75) is 50.1 Å². The lowest BCUT2D eigenvalue weighted by Gasteiger charge is -2.30. The third-order valence-corrected chi connectivity index (χ3v) is 4.71. The number of nitrogens with one attached hydrogen (secondary N) is 1. The molecule has 1 atom stereocenters. The van der Waals surface area contributed by atoms with Gasteiger partial charge >= 0.3 is 0 Å². The molecule has 0 saturated heterocycles. The minimum Gasteiger partial charge on any atom is -0.313 e. The topological polar surface area (TPSA) is 37.8 Å². The lowest BCUT2D eigenvalue weighted by molar-refractivity contribution is 0.288. The molecule has 1 unspecified atom stereocenters. The Morgan fingerprint density at radius 1 is 1.39 bits per heavy atom. The first-order valence-corrected chi connectivity index (χ1v) is 8.01. The lowest BCUT2D eigenvalue weighted by Crippen LogP contribution is -2.39. The van der Waals surface area contributed by atoms with Gasteiger partial charge in [-0.1, -0.05) is 26.2 Å². The maximum absolute atomic E-state index is 4.28. The molecule has 1 heterocycles. The van der Waals surface area contributed by atoms with Crippen molar-refractivity contribution in [3.63, 3.8) is 0 Å². The molecule has 1 aromatic heterocycles. The highest BCUT2D eigenvalue weighted by atomic mass is 32.2. The average Bonchev–Trinajstić information content (AvgIpc) is 2.45. The highest BCUT2D eigenvalue weighted by Crippen LogP contribution is 2.29. The maximum Gasteiger partial charge on any atom is 0.116 e. The highest BCUT2D eigenvalue weighted by molar-refractivity contribution is 7.99. The fraction of sp³-hybridized carbons (Fsp3) is 0.714. The van der Waals surface area contributed by atoms with Crippen LogP contribution in [0.3, 0.4) is 0 Å². The van der Waals surface area contributed by atoms with E-state index >= 15 is 0 Å². The Kier molecular flexibility index (Phi) is 5.94. The monoisotopic (exact) mass is 265 g/mol. The van der Waals surface area contributed by atoms with Crippen molar-refractivity contribution >= 4 is 11.8 Å². The van der Waals surface area contributed by atoms with Crippen LogP contribution in [0.15, 0.2) is 23.6 Å². The van der Waals surface area contributed by atoms with Gasteiger partial charge in [0.2, 0.25) is 0 Å². The van der Waals surface area contributed by atoms with Gasteiger partial charge in [0.15, 0.2) is 0 Å². The normalized spacial score (nSPS) is 18.7. The zero-order valence-corrected chi connectivity index (χ0v) is 12.0. The first kappa shape index (κ1) is 13.8. The summed E-state index contributed by atoms with van der Waals surface area (Å²) in [5.41, 5.74) is 0. The fourth-order valence-corrected chi connectivity index (χ4v) is 3.72. The molecule has 100 valence electrons. The van der Waals surface area contributed by atoms with E-state index < -0.39 is 0 Å². The van der Waals surface area contributed by atoms with E-state index in [0.29, 0.717) is 6.04 Å². The van der Waals surface area contributed by atoms with Crippen molar-refractivity contribution in [2.75, 3.05) is 12.3 Å². The Morgan fingerprint density at radius 3 is 2.89 bits per heavy atom. The summed E-state index contributed by atoms with van der Waals surface area (Å²) in [4.78, 5) is 8.24. The molecule has 1 aliphatic rings. The average molecular weight is 265 g/mol. The van der Waals surface area contributed by atoms with E-state index in [2.05, 4.69) is 22.2 Å². The Hall–Kier alpha value is -0.610. The predicted molar refractivity (Wildman–Crippen MR) is 76.8 cm³/mol. The molecule has 0 aromatic carbocycles. The second-order valence-corrected chi connectivity index (χ2v) is 5.96. The van der Waals surface area contributed by atoms with Gasteiger partial charge in [-0.3, -0.25) is 0 Å². The van der Waals surface area contributed by atoms with Gasteiger partial charge in [-0.25, -0.2) is 9.97 Å². The molecule has 0 radical (unpaired) electrons. The van der Waals surface area contributed by atoms with E-state index in [4.69, 9.17) is 0 Å². The molecule has 1 aromatic rings. The molecule has 18 heavy (non-hydrogen) atoms. The summed E-state index contributed by atoms with van der Waals surface area (Å²) in [6.07, 6.45) is 10.5. The molecule has 1 N–H and O–H groups in total. The van der Waals surface area contributed by atoms with Crippen molar-refractivity contribution < 1.29 is 0 Å². The van der Waals surface area contributed by atoms with Crippen molar-refractivity contribution in [1.29, 1.82) is 0 Å². The van der Waals surface area contributed by atoms with Crippen LogP contribution in [0, 0.1) is 5.92 Å². The molecular weight excluding hydrogens is 242 g/mol. The van der Waals surface area contributed by atoms with Gasteiger partial charge in [-0.05, 0) is 31.4 Å². The zero-order valence-electron chi connectivity index (χ0n) is 11.1. The molecule has 1 aliphatic carbocycles. The van der Waals surface area contributed by atoms with E-state index in [-0.39, 0.29) is 0 Å². The van der Waals surface area contributed by atoms with Gasteiger partial charge < -0.3 is 5.32 Å². The van der Waals surface area contributed by atoms with Crippen molar-refractivity contribution in [1.82, 2.24) is 15.3 Å². The van der Waals surface area contributed by atoms with Gasteiger partial charge in [-0.15, -0.1) is 11.8 Å². The second-order valence-electron chi connectivity index (χ2n) is 4.92. The Bertz CT molecular complexity index is 325. The van der Waals surface area contributed by atoms with Crippen molar-refractivity contribution in [3.8, 4) is 0 Å². The van der Waals surface area contributed by atoms with Crippen LogP contribution < -0.4 is 5.32 Å². The van der Waals surface area contributed by atoms with Crippen LogP contribution in [-0.4, -0.2) is 28.3 Å². The van der Waals surface area contributed by atoms with Gasteiger partial charge in [-0.2, -0.15) is 0 Å². The van der Waals surface area contributed by atoms with Crippen LogP contribution in [0.4, 0.5) is 0 Å². The number of hydrogen-bond donors (Lipinski definition) is 1. The third kappa shape index (κ3) is 4.25. The molecule has 0 spiro atoms. The van der Waals surface area contributed by atoms with E-state index in [1.807, 2.05) is 24.0 Å². The second kappa shape index (κ2) is 7.74. The molecule has 1 saturated carbocycles. The molecule has 1 fully saturated rings. The predicted octanol–water partition coefficient (Wildman–Crippen LogP) is 3.13. The van der Waals surface area contributed by atoms with Crippen LogP contribution in [0.5, 0.6) is 0 Å². The largest absolute Gasteiger partial charge is 0.313 e. The third-order valence-electron chi connectivity index (χ3n) is 3.65. The molecule has 0 amide bonds. The minimum atomic E-state index is 0.635. The molecule has 4 heteroatoms. The number of rotatable bonds is 6. The van der Waals surface area contributed by atoms with Crippen molar-refractivity contribution in [2.24, 2.45) is 5.92 Å². The summed E-state index contributed by atoms with van der Waals surface area (Å²) in [5.74, 6) is 1.98. The van der Waals surface area contributed by atoms with Gasteiger partial charge in [0.05, 0.1) is 5.03 Å². The molecule has 2 rings (SSSR count). The summed E-state index contributed by atoms with van der Waals surface area (Å²) in [6.45, 7) is 3.26. The van der Waals surface area contributed by atoms with E-state index in [9.17, 15) is 0 Å². The molecule has 0 bridgehead atoms. The Balaban J connectivity index is 1.85. The summed E-state index contributed by atoms with van der Waals surface area (Å²) >= 11 is 1.85. The lowest BCUT2D eigenvalue weighted by atomic mass is 9.84. The summed E-state index contributed by atoms with van der Waals surface area (Å²) < 4.78 is 0. The first-order valence-electron chi connectivity index (χ1n) is 7.02. The summed E-state index contributed by atoms with van der Waals surface area (Å²) in [6, 6.07) is 2.63. The van der Waals surface area contributed by atoms with Crippen LogP contribution in [0.2, 0.25) is 0 Å². The summed E-state index contributed by atoms with van der Waals surface area (Å²) in [7, 11) is 0. The van der Waals surface area contributed by atoms with E-state index in [0.717, 1.165) is 23.2 Å². The standard InChI is InChI=1S/C14H23N3S/c1-2-16-13(12-6-4-3-5-7-12)10-18-14-8-9-15-11-17-14/h8-9,11-13,16H,2-7,10H2,1H3. The Labute approximate surface area is 114 Å². The number of thioether (sulfide) groups is 1. The van der Waals surface area contributed by atoms with Gasteiger partial charge in [0, 0.05) is 18.0 Å². The number of nitrogens with zero attached hydrogens (tertiary/aromatic N) is 2. The molecule has 3 nitrogen and oxygen atoms in total. The van der Waals surface area contributed by atoms with Gasteiger partial charge in [0.1, 0.15) is 6.33 Å². The fourth-order valence-electron chi connectivity index (χ4n) is 2.70. The first-order chi connectivity index (χ1) is 8.90. The SMILES string of the molecule is CCNC(CSc1ccncn1)C1CCCCC1. The molecule has 0 aliphatic heterocycles. The van der Waals surface area contributed by atoms with Crippen LogP contribution in [0.1, 0.15) is 39.0 Å². The van der Waals surface area contributed by atoms with E-state index in [1.165, 1.54) is 32.1 Å².